The van der Waals surface area contributed by atoms with E-state index in [0.29, 0.717) is 19.5 Å². The Morgan fingerprint density at radius 3 is 2.56 bits per heavy atom. The molecule has 1 heterocycles. The molecular weight excluding hydrogens is 332 g/mol. The molecule has 1 fully saturated rings. The molecule has 1 N–H and O–H groups in total. The molecule has 1 saturated heterocycles. The van der Waals surface area contributed by atoms with E-state index in [4.69, 9.17) is 23.7 Å². The minimum absolute atomic E-state index is 0.0195. The summed E-state index contributed by atoms with van der Waals surface area (Å²) in [4.78, 5) is 23.1. The molecule has 0 aliphatic carbocycles. The molecule has 146 valence electrons. The molecule has 0 aromatic carbocycles. The van der Waals surface area contributed by atoms with Gasteiger partial charge in [0, 0.05) is 26.6 Å². The second kappa shape index (κ2) is 10.2. The highest BCUT2D eigenvalue weighted by atomic mass is 16.7. The number of ether oxygens (including phenoxy) is 5. The van der Waals surface area contributed by atoms with Gasteiger partial charge >= 0.3 is 5.97 Å². The Morgan fingerprint density at radius 2 is 2.00 bits per heavy atom. The van der Waals surface area contributed by atoms with Crippen LogP contribution in [0, 0.1) is 11.3 Å². The highest BCUT2D eigenvalue weighted by Gasteiger charge is 2.55. The fraction of sp³-hybridized carbons (Fsp3) is 0.882. The molecule has 0 spiro atoms. The maximum atomic E-state index is 12.2. The first-order valence-corrected chi connectivity index (χ1v) is 8.35. The summed E-state index contributed by atoms with van der Waals surface area (Å²) in [6.45, 7) is 5.86. The van der Waals surface area contributed by atoms with Gasteiger partial charge in [0.15, 0.2) is 6.10 Å². The lowest BCUT2D eigenvalue weighted by atomic mass is 9.83. The van der Waals surface area contributed by atoms with E-state index in [1.54, 1.807) is 27.9 Å². The van der Waals surface area contributed by atoms with E-state index in [9.17, 15) is 14.7 Å². The van der Waals surface area contributed by atoms with Crippen LogP contribution in [0.2, 0.25) is 0 Å². The van der Waals surface area contributed by atoms with Crippen molar-refractivity contribution in [3.63, 3.8) is 0 Å². The number of cyclic esters (lactones) is 1. The minimum Gasteiger partial charge on any atom is -0.456 e. The van der Waals surface area contributed by atoms with Crippen LogP contribution in [0.4, 0.5) is 0 Å². The molecule has 1 aliphatic heterocycles. The molecule has 8 nitrogen and oxygen atoms in total. The summed E-state index contributed by atoms with van der Waals surface area (Å²) in [5, 5.41) is 10.1. The number of methoxy groups -OCH3 is 2. The lowest BCUT2D eigenvalue weighted by Crippen LogP contribution is -2.45. The molecule has 0 unspecified atom stereocenters. The topological polar surface area (TPSA) is 101 Å². The van der Waals surface area contributed by atoms with Gasteiger partial charge in [-0.3, -0.25) is 4.79 Å². The van der Waals surface area contributed by atoms with Gasteiger partial charge in [-0.05, 0) is 13.8 Å². The quantitative estimate of drug-likeness (QED) is 0.232. The van der Waals surface area contributed by atoms with Gasteiger partial charge in [-0.2, -0.15) is 0 Å². The highest BCUT2D eigenvalue weighted by Crippen LogP contribution is 2.38. The summed E-state index contributed by atoms with van der Waals surface area (Å²) < 4.78 is 26.8. The van der Waals surface area contributed by atoms with E-state index in [1.807, 2.05) is 0 Å². The highest BCUT2D eigenvalue weighted by molar-refractivity contribution is 5.79. The summed E-state index contributed by atoms with van der Waals surface area (Å²) in [5.41, 5.74) is -0.882. The molecule has 0 radical (unpaired) electrons. The van der Waals surface area contributed by atoms with Crippen molar-refractivity contribution in [3.05, 3.63) is 0 Å². The molecule has 5 atom stereocenters. The monoisotopic (exact) mass is 362 g/mol. The van der Waals surface area contributed by atoms with Gasteiger partial charge in [0.05, 0.1) is 30.8 Å². The van der Waals surface area contributed by atoms with E-state index >= 15 is 0 Å². The Labute approximate surface area is 148 Å². The first-order valence-electron chi connectivity index (χ1n) is 8.35. The van der Waals surface area contributed by atoms with Crippen molar-refractivity contribution in [2.45, 2.75) is 51.6 Å². The lowest BCUT2D eigenvalue weighted by molar-refractivity contribution is -0.159. The summed E-state index contributed by atoms with van der Waals surface area (Å²) in [6, 6.07) is 0. The Hall–Kier alpha value is -1.06. The van der Waals surface area contributed by atoms with Crippen LogP contribution >= 0.6 is 0 Å². The zero-order chi connectivity index (χ0) is 19.0. The van der Waals surface area contributed by atoms with E-state index in [2.05, 4.69) is 0 Å². The van der Waals surface area contributed by atoms with Crippen molar-refractivity contribution in [3.8, 4) is 0 Å². The van der Waals surface area contributed by atoms with Crippen molar-refractivity contribution >= 4 is 12.3 Å². The number of aliphatic hydroxyl groups excluding tert-OH is 1. The van der Waals surface area contributed by atoms with Crippen LogP contribution in [0.25, 0.3) is 0 Å². The summed E-state index contributed by atoms with van der Waals surface area (Å²) >= 11 is 0. The van der Waals surface area contributed by atoms with E-state index in [1.165, 1.54) is 7.11 Å². The maximum Gasteiger partial charge on any atom is 0.314 e. The number of aldehydes is 1. The third kappa shape index (κ3) is 5.72. The Morgan fingerprint density at radius 1 is 1.32 bits per heavy atom. The van der Waals surface area contributed by atoms with Gasteiger partial charge in [-0.25, -0.2) is 0 Å². The minimum atomic E-state index is -0.900. The maximum absolute atomic E-state index is 12.2. The second-order valence-electron chi connectivity index (χ2n) is 6.77. The SMILES string of the molecule is COCCOCO[C@H]1[C@@H]([C@H](C[C@H](O)[C@H](C)C=O)OC)OC(=O)C1(C)C. The number of carbonyl (C=O) groups excluding carboxylic acids is 2. The number of hydrogen-bond donors (Lipinski definition) is 1. The van der Waals surface area contributed by atoms with E-state index in [0.717, 1.165) is 0 Å². The Bertz CT molecular complexity index is 425. The predicted molar refractivity (Wildman–Crippen MR) is 87.9 cm³/mol. The van der Waals surface area contributed by atoms with Gasteiger partial charge in [-0.15, -0.1) is 0 Å². The van der Waals surface area contributed by atoms with Crippen LogP contribution in [0.5, 0.6) is 0 Å². The van der Waals surface area contributed by atoms with Crippen LogP contribution in [-0.2, 0) is 33.3 Å². The zero-order valence-corrected chi connectivity index (χ0v) is 15.6. The molecule has 25 heavy (non-hydrogen) atoms. The van der Waals surface area contributed by atoms with Crippen LogP contribution in [0.3, 0.4) is 0 Å². The number of esters is 1. The van der Waals surface area contributed by atoms with E-state index < -0.39 is 41.7 Å². The van der Waals surface area contributed by atoms with Gasteiger partial charge in [0.2, 0.25) is 0 Å². The molecule has 1 aliphatic rings. The number of hydrogen-bond acceptors (Lipinski definition) is 8. The van der Waals surface area contributed by atoms with Crippen molar-refractivity contribution in [1.82, 2.24) is 0 Å². The number of rotatable bonds is 12. The average Bonchev–Trinajstić information content (AvgIpc) is 2.81. The van der Waals surface area contributed by atoms with Gasteiger partial charge in [-0.1, -0.05) is 6.92 Å². The number of aliphatic hydroxyl groups is 1. The smallest absolute Gasteiger partial charge is 0.314 e. The standard InChI is InChI=1S/C17H30O8/c1-11(9-18)12(19)8-13(22-5)14-15(17(2,3)16(20)25-14)24-10-23-7-6-21-4/h9,11-15,19H,6-8,10H2,1-5H3/t11-,12+,13+,14-,15+/m1/s1. The van der Waals surface area contributed by atoms with Crippen molar-refractivity contribution in [2.24, 2.45) is 11.3 Å². The second-order valence-corrected chi connectivity index (χ2v) is 6.77. The Balaban J connectivity index is 2.77. The van der Waals surface area contributed by atoms with Gasteiger partial charge in [0.25, 0.3) is 0 Å². The first kappa shape index (κ1) is 22.0. The van der Waals surface area contributed by atoms with E-state index in [-0.39, 0.29) is 13.2 Å². The van der Waals surface area contributed by atoms with Crippen LogP contribution in [-0.4, -0.2) is 76.0 Å². The van der Waals surface area contributed by atoms with Gasteiger partial charge in [0.1, 0.15) is 19.2 Å². The molecule has 8 heteroatoms. The lowest BCUT2D eigenvalue weighted by Gasteiger charge is -2.31. The summed E-state index contributed by atoms with van der Waals surface area (Å²) in [6.07, 6.45) is -1.98. The summed E-state index contributed by atoms with van der Waals surface area (Å²) in [5.74, 6) is -0.945. The molecule has 1 rings (SSSR count). The molecule has 0 amide bonds. The van der Waals surface area contributed by atoms with Crippen molar-refractivity contribution in [2.75, 3.05) is 34.2 Å². The van der Waals surface area contributed by atoms with Crippen LogP contribution < -0.4 is 0 Å². The van der Waals surface area contributed by atoms with Crippen LogP contribution in [0.1, 0.15) is 27.2 Å². The fourth-order valence-corrected chi connectivity index (χ4v) is 2.67. The zero-order valence-electron chi connectivity index (χ0n) is 15.6. The summed E-state index contributed by atoms with van der Waals surface area (Å²) in [7, 11) is 3.04. The van der Waals surface area contributed by atoms with Gasteiger partial charge < -0.3 is 33.6 Å². The molecule has 0 saturated carbocycles. The van der Waals surface area contributed by atoms with Crippen molar-refractivity contribution < 1.29 is 38.4 Å². The van der Waals surface area contributed by atoms with Crippen LogP contribution in [0.15, 0.2) is 0 Å². The predicted octanol–water partition coefficient (Wildman–Crippen LogP) is 0.545. The first-order chi connectivity index (χ1) is 11.8. The largest absolute Gasteiger partial charge is 0.456 e. The molecule has 0 aromatic rings. The average molecular weight is 362 g/mol. The molecule has 0 aromatic heterocycles. The normalized spacial score (nSPS) is 26.1. The van der Waals surface area contributed by atoms with Crippen molar-refractivity contribution in [1.29, 1.82) is 0 Å². The fourth-order valence-electron chi connectivity index (χ4n) is 2.67. The number of carbonyl (C=O) groups is 2. The third-order valence-corrected chi connectivity index (χ3v) is 4.51. The molecule has 0 bridgehead atoms. The third-order valence-electron chi connectivity index (χ3n) is 4.51. The Kier molecular flexibility index (Phi) is 8.95. The molecular formula is C17H30O8.